The lowest BCUT2D eigenvalue weighted by Gasteiger charge is -2.29. The Labute approximate surface area is 267 Å². The molecule has 2 fully saturated rings. The van der Waals surface area contributed by atoms with Crippen LogP contribution in [0.2, 0.25) is 0 Å². The van der Waals surface area contributed by atoms with Gasteiger partial charge in [0.1, 0.15) is 35.8 Å². The highest BCUT2D eigenvalue weighted by Crippen LogP contribution is 2.55. The Bertz CT molecular complexity index is 1650. The number of amides is 1. The van der Waals surface area contributed by atoms with Crippen LogP contribution in [-0.4, -0.2) is 63.5 Å². The Morgan fingerprint density at radius 2 is 2.02 bits per heavy atom. The number of phosphoric acid groups is 1. The van der Waals surface area contributed by atoms with Gasteiger partial charge < -0.3 is 18.7 Å². The number of benzene rings is 1. The average Bonchev–Trinajstić information content (AvgIpc) is 3.61. The van der Waals surface area contributed by atoms with Gasteiger partial charge in [-0.15, -0.1) is 0 Å². The molecule has 0 radical (unpaired) electrons. The Morgan fingerprint density at radius 3 is 2.76 bits per heavy atom. The SMILES string of the molecule is Cc1cccc2c1OP(=O)(OC[C@H]1O[C@@H](n3cc(/C=C/Br)c(=O)[nH]c3=O)C[C@@H]1OC(=O)[C@H]1CCCN1C(=O)OC(C)(C)C)OC2. The fourth-order valence-electron chi connectivity index (χ4n) is 5.30. The fraction of sp³-hybridized carbons (Fsp3) is 0.517. The van der Waals surface area contributed by atoms with Crippen molar-refractivity contribution in [2.45, 2.75) is 83.6 Å². The van der Waals surface area contributed by atoms with Crippen molar-refractivity contribution in [3.63, 3.8) is 0 Å². The highest BCUT2D eigenvalue weighted by Gasteiger charge is 2.45. The number of nitrogens with one attached hydrogen (secondary N) is 1. The van der Waals surface area contributed by atoms with Gasteiger partial charge in [-0.05, 0) is 57.2 Å². The average molecular weight is 712 g/mol. The minimum Gasteiger partial charge on any atom is -0.458 e. The summed E-state index contributed by atoms with van der Waals surface area (Å²) in [5.41, 5.74) is -0.461. The Morgan fingerprint density at radius 1 is 1.24 bits per heavy atom. The molecule has 5 atom stereocenters. The van der Waals surface area contributed by atoms with Gasteiger partial charge in [-0.25, -0.2) is 18.9 Å². The number of rotatable bonds is 7. The molecule has 0 saturated carbocycles. The molecule has 244 valence electrons. The van der Waals surface area contributed by atoms with E-state index in [0.717, 1.165) is 5.56 Å². The molecule has 1 N–H and O–H groups in total. The first kappa shape index (κ1) is 33.1. The standard InChI is InChI=1S/C29H35BrN3O11P/c1-17-7-5-8-19-15-39-45(38,44-24(17)19)40-16-22-21(13-23(41-22)33-14-18(10-11-30)25(34)31-27(33)36)42-26(35)20-9-6-12-32(20)28(37)43-29(2,3)4/h5,7-8,10-11,14,20-23H,6,9,12-13,15-16H2,1-4H3,(H,31,34,36)/b11-10+/t20-,21+,22-,23-,45?/m1/s1. The number of phosphoric ester groups is 1. The van der Waals surface area contributed by atoms with Crippen LogP contribution in [0.25, 0.3) is 6.08 Å². The smallest absolute Gasteiger partial charge is 0.458 e. The number of likely N-dealkylation sites (tertiary alicyclic amines) is 1. The number of carbonyl (C=O) groups is 2. The number of hydrogen-bond donors (Lipinski definition) is 1. The number of nitrogens with zero attached hydrogens (tertiary/aromatic N) is 2. The normalized spacial score (nSPS) is 26.5. The maximum absolute atomic E-state index is 13.5. The topological polar surface area (TPSA) is 165 Å². The summed E-state index contributed by atoms with van der Waals surface area (Å²) in [6.07, 6.45) is 0.0526. The number of halogens is 1. The lowest BCUT2D eigenvalue weighted by Crippen LogP contribution is -2.45. The number of aromatic amines is 1. The minimum absolute atomic E-state index is 0.000325. The molecule has 0 spiro atoms. The van der Waals surface area contributed by atoms with Gasteiger partial charge in [0, 0.05) is 24.7 Å². The molecule has 2 aromatic rings. The fourth-order valence-corrected chi connectivity index (χ4v) is 6.87. The van der Waals surface area contributed by atoms with Gasteiger partial charge in [0.05, 0.1) is 18.8 Å². The van der Waals surface area contributed by atoms with E-state index in [0.29, 0.717) is 30.7 Å². The van der Waals surface area contributed by atoms with Crippen LogP contribution in [0.4, 0.5) is 4.79 Å². The number of fused-ring (bicyclic) bond motifs is 1. The van der Waals surface area contributed by atoms with E-state index in [4.69, 9.17) is 27.8 Å². The molecule has 4 heterocycles. The number of para-hydroxylation sites is 1. The highest BCUT2D eigenvalue weighted by atomic mass is 79.9. The van der Waals surface area contributed by atoms with E-state index in [1.54, 1.807) is 39.8 Å². The van der Waals surface area contributed by atoms with Crippen LogP contribution in [0.1, 0.15) is 63.0 Å². The second kappa shape index (κ2) is 13.2. The summed E-state index contributed by atoms with van der Waals surface area (Å²) in [5.74, 6) is -0.286. The molecule has 1 unspecified atom stereocenters. The first-order valence-electron chi connectivity index (χ1n) is 14.4. The molecule has 3 aliphatic heterocycles. The Kier molecular flexibility index (Phi) is 9.76. The van der Waals surface area contributed by atoms with Gasteiger partial charge in [0.2, 0.25) is 0 Å². The van der Waals surface area contributed by atoms with Crippen molar-refractivity contribution >= 4 is 41.9 Å². The zero-order chi connectivity index (χ0) is 32.5. The predicted octanol–water partition coefficient (Wildman–Crippen LogP) is 4.54. The number of aryl methyl sites for hydroxylation is 1. The van der Waals surface area contributed by atoms with Crippen molar-refractivity contribution in [3.05, 3.63) is 66.9 Å². The van der Waals surface area contributed by atoms with E-state index in [-0.39, 0.29) is 25.2 Å². The lowest BCUT2D eigenvalue weighted by molar-refractivity contribution is -0.158. The quantitative estimate of drug-likeness (QED) is 0.317. The molecule has 0 bridgehead atoms. The molecule has 1 aromatic carbocycles. The molecule has 16 heteroatoms. The van der Waals surface area contributed by atoms with E-state index < -0.39 is 61.2 Å². The molecule has 45 heavy (non-hydrogen) atoms. The number of H-pyrrole nitrogens is 1. The van der Waals surface area contributed by atoms with Crippen LogP contribution in [0.15, 0.2) is 39.0 Å². The second-order valence-electron chi connectivity index (χ2n) is 11.9. The molecular formula is C29H35BrN3O11P. The van der Waals surface area contributed by atoms with Gasteiger partial charge >= 0.3 is 25.6 Å². The second-order valence-corrected chi connectivity index (χ2v) is 14.0. The Balaban J connectivity index is 1.36. The molecule has 1 aromatic heterocycles. The summed E-state index contributed by atoms with van der Waals surface area (Å²) in [6, 6.07) is 4.53. The zero-order valence-corrected chi connectivity index (χ0v) is 27.7. The van der Waals surface area contributed by atoms with Crippen molar-refractivity contribution < 1.29 is 41.9 Å². The van der Waals surface area contributed by atoms with Crippen LogP contribution in [-0.2, 0) is 39.2 Å². The maximum atomic E-state index is 13.5. The summed E-state index contributed by atoms with van der Waals surface area (Å²) in [4.78, 5) is 56.3. The number of hydrogen-bond acceptors (Lipinski definition) is 11. The minimum atomic E-state index is -4.09. The summed E-state index contributed by atoms with van der Waals surface area (Å²) in [7, 11) is -4.09. The largest absolute Gasteiger partial charge is 0.530 e. The Hall–Kier alpha value is -3.23. The number of aromatic nitrogens is 2. The molecule has 2 saturated heterocycles. The molecule has 0 aliphatic carbocycles. The van der Waals surface area contributed by atoms with Crippen LogP contribution in [0, 0.1) is 6.92 Å². The third-order valence-corrected chi connectivity index (χ3v) is 9.00. The van der Waals surface area contributed by atoms with E-state index in [2.05, 4.69) is 20.9 Å². The molecule has 14 nitrogen and oxygen atoms in total. The maximum Gasteiger partial charge on any atom is 0.530 e. The van der Waals surface area contributed by atoms with Gasteiger partial charge in [0.25, 0.3) is 5.56 Å². The number of ether oxygens (including phenoxy) is 3. The van der Waals surface area contributed by atoms with Crippen molar-refractivity contribution in [1.82, 2.24) is 14.5 Å². The summed E-state index contributed by atoms with van der Waals surface area (Å²) < 4.78 is 48.9. The van der Waals surface area contributed by atoms with Crippen LogP contribution < -0.4 is 15.8 Å². The van der Waals surface area contributed by atoms with Crippen molar-refractivity contribution in [2.75, 3.05) is 13.2 Å². The van der Waals surface area contributed by atoms with Crippen LogP contribution in [0.3, 0.4) is 0 Å². The van der Waals surface area contributed by atoms with Crippen molar-refractivity contribution in [1.29, 1.82) is 0 Å². The first-order valence-corrected chi connectivity index (χ1v) is 16.8. The van der Waals surface area contributed by atoms with Crippen LogP contribution in [0.5, 0.6) is 5.75 Å². The molecular weight excluding hydrogens is 677 g/mol. The van der Waals surface area contributed by atoms with E-state index in [1.165, 1.54) is 26.7 Å². The lowest BCUT2D eigenvalue weighted by atomic mass is 10.1. The number of carbonyl (C=O) groups excluding carboxylic acids is 2. The van der Waals surface area contributed by atoms with Gasteiger partial charge in [-0.1, -0.05) is 34.1 Å². The highest BCUT2D eigenvalue weighted by molar-refractivity contribution is 9.11. The van der Waals surface area contributed by atoms with Gasteiger partial charge in [0.15, 0.2) is 0 Å². The summed E-state index contributed by atoms with van der Waals surface area (Å²) in [5, 5.41) is 0. The third-order valence-electron chi connectivity index (χ3n) is 7.42. The first-order chi connectivity index (χ1) is 21.3. The number of esters is 1. The van der Waals surface area contributed by atoms with Crippen molar-refractivity contribution in [3.8, 4) is 5.75 Å². The van der Waals surface area contributed by atoms with E-state index in [9.17, 15) is 23.7 Å². The summed E-state index contributed by atoms with van der Waals surface area (Å²) in [6.45, 7) is 6.94. The molecule has 5 rings (SSSR count). The van der Waals surface area contributed by atoms with E-state index >= 15 is 0 Å². The molecule has 3 aliphatic rings. The summed E-state index contributed by atoms with van der Waals surface area (Å²) >= 11 is 3.12. The van der Waals surface area contributed by atoms with Gasteiger partial charge in [-0.3, -0.25) is 28.3 Å². The van der Waals surface area contributed by atoms with Crippen molar-refractivity contribution in [2.24, 2.45) is 0 Å². The van der Waals surface area contributed by atoms with Gasteiger partial charge in [-0.2, -0.15) is 0 Å². The monoisotopic (exact) mass is 711 g/mol. The molecule has 1 amide bonds. The third kappa shape index (κ3) is 7.60. The van der Waals surface area contributed by atoms with E-state index in [1.807, 2.05) is 6.07 Å². The predicted molar refractivity (Wildman–Crippen MR) is 164 cm³/mol. The zero-order valence-electron chi connectivity index (χ0n) is 25.2. The van der Waals surface area contributed by atoms with Crippen LogP contribution >= 0.6 is 23.8 Å².